The molecule has 1 aliphatic heterocycles. The fourth-order valence-electron chi connectivity index (χ4n) is 1.65. The summed E-state index contributed by atoms with van der Waals surface area (Å²) in [6.45, 7) is 0. The minimum Gasteiger partial charge on any atom is -0.380 e. The van der Waals surface area contributed by atoms with Crippen molar-refractivity contribution in [1.82, 2.24) is 0 Å². The Balaban J connectivity index is 1.99. The number of rotatable bonds is 2. The number of thioether (sulfide) groups is 1. The van der Waals surface area contributed by atoms with E-state index in [1.807, 2.05) is 36.0 Å². The third kappa shape index (κ3) is 2.58. The number of hydrogen-bond donors (Lipinski definition) is 1. The molecule has 0 amide bonds. The van der Waals surface area contributed by atoms with Gasteiger partial charge in [-0.15, -0.1) is 0 Å². The zero-order valence-corrected chi connectivity index (χ0v) is 9.57. The first-order chi connectivity index (χ1) is 6.86. The number of nitrogens with one attached hydrogen (secondary N) is 1. The second-order valence-electron chi connectivity index (χ2n) is 3.54. The number of anilines is 1. The summed E-state index contributed by atoms with van der Waals surface area (Å²) >= 11 is 8.10. The van der Waals surface area contributed by atoms with E-state index in [0.717, 1.165) is 10.7 Å². The molecule has 1 N–H and O–H groups in total. The molecule has 1 aliphatic rings. The van der Waals surface area contributed by atoms with Gasteiger partial charge in [0.1, 0.15) is 0 Å². The van der Waals surface area contributed by atoms with Crippen molar-refractivity contribution in [2.75, 3.05) is 16.8 Å². The van der Waals surface area contributed by atoms with Crippen LogP contribution in [-0.4, -0.2) is 17.5 Å². The fraction of sp³-hybridized carbons (Fsp3) is 0.455. The van der Waals surface area contributed by atoms with Crippen molar-refractivity contribution in [1.29, 1.82) is 0 Å². The van der Waals surface area contributed by atoms with Gasteiger partial charge < -0.3 is 5.32 Å². The van der Waals surface area contributed by atoms with Crippen molar-refractivity contribution in [3.63, 3.8) is 0 Å². The van der Waals surface area contributed by atoms with E-state index >= 15 is 0 Å². The van der Waals surface area contributed by atoms with Crippen LogP contribution in [0.1, 0.15) is 12.8 Å². The number of para-hydroxylation sites is 1. The fourth-order valence-corrected chi connectivity index (χ4v) is 2.91. The van der Waals surface area contributed by atoms with E-state index in [1.54, 1.807) is 0 Å². The molecule has 1 saturated heterocycles. The summed E-state index contributed by atoms with van der Waals surface area (Å²) < 4.78 is 0. The van der Waals surface area contributed by atoms with Crippen molar-refractivity contribution in [3.8, 4) is 0 Å². The largest absolute Gasteiger partial charge is 0.380 e. The maximum Gasteiger partial charge on any atom is 0.0637 e. The maximum absolute atomic E-state index is 6.07. The van der Waals surface area contributed by atoms with Gasteiger partial charge in [0.15, 0.2) is 0 Å². The highest BCUT2D eigenvalue weighted by Crippen LogP contribution is 2.25. The van der Waals surface area contributed by atoms with Crippen molar-refractivity contribution < 1.29 is 0 Å². The van der Waals surface area contributed by atoms with Gasteiger partial charge in [-0.2, -0.15) is 11.8 Å². The van der Waals surface area contributed by atoms with Gasteiger partial charge >= 0.3 is 0 Å². The Morgan fingerprint density at radius 1 is 1.36 bits per heavy atom. The Morgan fingerprint density at radius 3 is 2.93 bits per heavy atom. The molecule has 1 aromatic carbocycles. The molecule has 1 aromatic rings. The molecule has 0 radical (unpaired) electrons. The Bertz CT molecular complexity index is 297. The molecule has 0 bridgehead atoms. The standard InChI is InChI=1S/C11H14ClNS/c12-10-5-1-2-6-11(10)13-9-4-3-7-14-8-9/h1-2,5-6,9,13H,3-4,7-8H2. The highest BCUT2D eigenvalue weighted by molar-refractivity contribution is 7.99. The predicted molar refractivity (Wildman–Crippen MR) is 65.4 cm³/mol. The SMILES string of the molecule is Clc1ccccc1NC1CCCSC1. The maximum atomic E-state index is 6.07. The van der Waals surface area contributed by atoms with Gasteiger partial charge in [0, 0.05) is 11.8 Å². The number of hydrogen-bond acceptors (Lipinski definition) is 2. The van der Waals surface area contributed by atoms with E-state index in [-0.39, 0.29) is 0 Å². The smallest absolute Gasteiger partial charge is 0.0637 e. The third-order valence-corrected chi connectivity index (χ3v) is 3.94. The van der Waals surface area contributed by atoms with Gasteiger partial charge in [-0.3, -0.25) is 0 Å². The summed E-state index contributed by atoms with van der Waals surface area (Å²) in [6.07, 6.45) is 2.57. The van der Waals surface area contributed by atoms with E-state index in [1.165, 1.54) is 24.3 Å². The molecule has 0 aromatic heterocycles. The van der Waals surface area contributed by atoms with E-state index < -0.39 is 0 Å². The molecular formula is C11H14ClNS. The van der Waals surface area contributed by atoms with Gasteiger partial charge in [0.25, 0.3) is 0 Å². The number of halogens is 1. The summed E-state index contributed by atoms with van der Waals surface area (Å²) in [4.78, 5) is 0. The van der Waals surface area contributed by atoms with Crippen LogP contribution in [0.15, 0.2) is 24.3 Å². The zero-order chi connectivity index (χ0) is 9.80. The van der Waals surface area contributed by atoms with Crippen LogP contribution < -0.4 is 5.32 Å². The van der Waals surface area contributed by atoms with Gasteiger partial charge in [-0.25, -0.2) is 0 Å². The van der Waals surface area contributed by atoms with Crippen LogP contribution in [0, 0.1) is 0 Å². The summed E-state index contributed by atoms with van der Waals surface area (Å²) in [5.41, 5.74) is 1.07. The molecule has 0 saturated carbocycles. The minimum atomic E-state index is 0.591. The molecule has 1 unspecified atom stereocenters. The lowest BCUT2D eigenvalue weighted by molar-refractivity contribution is 0.685. The average molecular weight is 228 g/mol. The van der Waals surface area contributed by atoms with Crippen LogP contribution in [0.5, 0.6) is 0 Å². The van der Waals surface area contributed by atoms with Crippen LogP contribution in [0.25, 0.3) is 0 Å². The second-order valence-corrected chi connectivity index (χ2v) is 5.10. The van der Waals surface area contributed by atoms with Gasteiger partial charge in [0.2, 0.25) is 0 Å². The van der Waals surface area contributed by atoms with Crippen LogP contribution in [0.2, 0.25) is 5.02 Å². The Labute approximate surface area is 94.2 Å². The summed E-state index contributed by atoms with van der Waals surface area (Å²) in [7, 11) is 0. The van der Waals surface area contributed by atoms with Crippen molar-refractivity contribution in [2.24, 2.45) is 0 Å². The molecule has 0 aliphatic carbocycles. The van der Waals surface area contributed by atoms with Gasteiger partial charge in [0.05, 0.1) is 10.7 Å². The highest BCUT2D eigenvalue weighted by atomic mass is 35.5. The normalized spacial score (nSPS) is 21.9. The first-order valence-electron chi connectivity index (χ1n) is 4.95. The minimum absolute atomic E-state index is 0.591. The molecule has 1 fully saturated rings. The topological polar surface area (TPSA) is 12.0 Å². The first-order valence-corrected chi connectivity index (χ1v) is 6.48. The van der Waals surface area contributed by atoms with Crippen LogP contribution in [0.3, 0.4) is 0 Å². The Morgan fingerprint density at radius 2 is 2.21 bits per heavy atom. The van der Waals surface area contributed by atoms with Crippen LogP contribution in [-0.2, 0) is 0 Å². The van der Waals surface area contributed by atoms with Crippen molar-refractivity contribution in [3.05, 3.63) is 29.3 Å². The molecule has 14 heavy (non-hydrogen) atoms. The van der Waals surface area contributed by atoms with Crippen molar-refractivity contribution in [2.45, 2.75) is 18.9 Å². The quantitative estimate of drug-likeness (QED) is 0.828. The van der Waals surface area contributed by atoms with Crippen LogP contribution >= 0.6 is 23.4 Å². The first kappa shape index (κ1) is 10.2. The van der Waals surface area contributed by atoms with E-state index in [2.05, 4.69) is 5.32 Å². The lowest BCUT2D eigenvalue weighted by Gasteiger charge is -2.23. The lowest BCUT2D eigenvalue weighted by Crippen LogP contribution is -2.25. The summed E-state index contributed by atoms with van der Waals surface area (Å²) in [6, 6.07) is 8.54. The zero-order valence-electron chi connectivity index (χ0n) is 8.00. The molecule has 0 spiro atoms. The van der Waals surface area contributed by atoms with Crippen LogP contribution in [0.4, 0.5) is 5.69 Å². The summed E-state index contributed by atoms with van der Waals surface area (Å²) in [5, 5.41) is 4.32. The molecule has 76 valence electrons. The Kier molecular flexibility index (Phi) is 3.60. The second kappa shape index (κ2) is 4.94. The molecule has 1 heterocycles. The van der Waals surface area contributed by atoms with E-state index in [4.69, 9.17) is 11.6 Å². The lowest BCUT2D eigenvalue weighted by atomic mass is 10.1. The monoisotopic (exact) mass is 227 g/mol. The summed E-state index contributed by atoms with van der Waals surface area (Å²) in [5.74, 6) is 2.51. The molecule has 3 heteroatoms. The molecule has 1 atom stereocenters. The van der Waals surface area contributed by atoms with Gasteiger partial charge in [-0.05, 0) is 30.7 Å². The molecule has 1 nitrogen and oxygen atoms in total. The third-order valence-electron chi connectivity index (χ3n) is 2.39. The highest BCUT2D eigenvalue weighted by Gasteiger charge is 2.13. The van der Waals surface area contributed by atoms with E-state index in [9.17, 15) is 0 Å². The average Bonchev–Trinajstić information content (AvgIpc) is 2.23. The Hall–Kier alpha value is -0.340. The van der Waals surface area contributed by atoms with Crippen molar-refractivity contribution >= 4 is 29.1 Å². The number of benzene rings is 1. The molecular weight excluding hydrogens is 214 g/mol. The van der Waals surface area contributed by atoms with Gasteiger partial charge in [-0.1, -0.05) is 23.7 Å². The predicted octanol–water partition coefficient (Wildman–Crippen LogP) is 3.65. The van der Waals surface area contributed by atoms with E-state index in [0.29, 0.717) is 6.04 Å². The molecule has 2 rings (SSSR count).